The highest BCUT2D eigenvalue weighted by Gasteiger charge is 2.17. The monoisotopic (exact) mass is 432 g/mol. The summed E-state index contributed by atoms with van der Waals surface area (Å²) in [5, 5.41) is 8.60. The molecule has 3 rings (SSSR count). The fraction of sp³-hybridized carbons (Fsp3) is 0.200. The molecular weight excluding hydrogens is 404 g/mol. The number of anilines is 3. The van der Waals surface area contributed by atoms with Crippen molar-refractivity contribution in [2.24, 2.45) is 0 Å². The van der Waals surface area contributed by atoms with E-state index in [1.165, 1.54) is 0 Å². The fourth-order valence-electron chi connectivity index (χ4n) is 3.21. The summed E-state index contributed by atoms with van der Waals surface area (Å²) in [7, 11) is 1.56. The molecule has 0 aromatic heterocycles. The van der Waals surface area contributed by atoms with E-state index in [0.29, 0.717) is 30.9 Å². The largest absolute Gasteiger partial charge is 0.495 e. The molecule has 0 bridgehead atoms. The molecule has 0 fully saturated rings. The van der Waals surface area contributed by atoms with Crippen molar-refractivity contribution < 1.29 is 14.3 Å². The normalized spacial score (nSPS) is 10.2. The first kappa shape index (κ1) is 22.7. The predicted molar refractivity (Wildman–Crippen MR) is 129 cm³/mol. The van der Waals surface area contributed by atoms with Gasteiger partial charge in [0.05, 0.1) is 12.8 Å². The molecule has 0 atom stereocenters. The maximum Gasteiger partial charge on any atom is 0.326 e. The van der Waals surface area contributed by atoms with Crippen LogP contribution < -0.4 is 25.6 Å². The van der Waals surface area contributed by atoms with E-state index in [9.17, 15) is 9.59 Å². The standard InChI is InChI=1S/C25H28N4O3/c1-19-11-6-7-14-21(19)27-24(30)26-17-10-18-29(20-12-4-3-5-13-20)25(31)28-22-15-8-9-16-23(22)32-2/h3-9,11-16H,10,17-18H2,1-2H3,(H,28,31)(H2,26,27,30). The van der Waals surface area contributed by atoms with E-state index < -0.39 is 0 Å². The van der Waals surface area contributed by atoms with Crippen molar-refractivity contribution in [1.29, 1.82) is 0 Å². The molecule has 7 nitrogen and oxygen atoms in total. The van der Waals surface area contributed by atoms with Gasteiger partial charge in [0.25, 0.3) is 0 Å². The zero-order valence-corrected chi connectivity index (χ0v) is 18.3. The Hall–Kier alpha value is -4.00. The van der Waals surface area contributed by atoms with E-state index in [1.54, 1.807) is 24.1 Å². The molecule has 0 aliphatic carbocycles. The minimum atomic E-state index is -0.274. The first-order valence-electron chi connectivity index (χ1n) is 10.5. The molecule has 3 aromatic carbocycles. The first-order valence-corrected chi connectivity index (χ1v) is 10.5. The topological polar surface area (TPSA) is 82.7 Å². The number of aryl methyl sites for hydroxylation is 1. The Morgan fingerprint density at radius 2 is 1.50 bits per heavy atom. The van der Waals surface area contributed by atoms with Crippen LogP contribution in [-0.2, 0) is 0 Å². The molecule has 0 heterocycles. The number of nitrogens with zero attached hydrogens (tertiary/aromatic N) is 1. The van der Waals surface area contributed by atoms with Crippen LogP contribution in [-0.4, -0.2) is 32.3 Å². The van der Waals surface area contributed by atoms with Crippen LogP contribution in [0, 0.1) is 6.92 Å². The number of para-hydroxylation sites is 4. The lowest BCUT2D eigenvalue weighted by Gasteiger charge is -2.24. The van der Waals surface area contributed by atoms with Crippen molar-refractivity contribution in [2.45, 2.75) is 13.3 Å². The molecule has 0 aliphatic heterocycles. The number of hydrogen-bond acceptors (Lipinski definition) is 3. The highest BCUT2D eigenvalue weighted by molar-refractivity contribution is 6.02. The minimum Gasteiger partial charge on any atom is -0.495 e. The molecule has 0 spiro atoms. The zero-order chi connectivity index (χ0) is 22.8. The summed E-state index contributed by atoms with van der Waals surface area (Å²) in [6.07, 6.45) is 0.579. The molecule has 3 N–H and O–H groups in total. The van der Waals surface area contributed by atoms with E-state index in [2.05, 4.69) is 16.0 Å². The molecule has 0 saturated carbocycles. The second-order valence-corrected chi connectivity index (χ2v) is 7.17. The highest BCUT2D eigenvalue weighted by Crippen LogP contribution is 2.24. The van der Waals surface area contributed by atoms with Crippen LogP contribution in [0.25, 0.3) is 0 Å². The first-order chi connectivity index (χ1) is 15.6. The van der Waals surface area contributed by atoms with Crippen LogP contribution in [0.15, 0.2) is 78.9 Å². The van der Waals surface area contributed by atoms with Crippen LogP contribution in [0.2, 0.25) is 0 Å². The van der Waals surface area contributed by atoms with Gasteiger partial charge in [-0.3, -0.25) is 4.90 Å². The van der Waals surface area contributed by atoms with Crippen molar-refractivity contribution in [3.8, 4) is 5.75 Å². The number of carbonyl (C=O) groups is 2. The maximum absolute atomic E-state index is 13.0. The van der Waals surface area contributed by atoms with Gasteiger partial charge in [-0.25, -0.2) is 9.59 Å². The lowest BCUT2D eigenvalue weighted by molar-refractivity contribution is 0.252. The molecule has 32 heavy (non-hydrogen) atoms. The van der Waals surface area contributed by atoms with Gasteiger partial charge in [0.2, 0.25) is 0 Å². The number of hydrogen-bond donors (Lipinski definition) is 3. The van der Waals surface area contributed by atoms with Crippen molar-refractivity contribution in [3.63, 3.8) is 0 Å². The number of benzene rings is 3. The summed E-state index contributed by atoms with van der Waals surface area (Å²) in [4.78, 5) is 26.9. The Labute approximate surface area is 188 Å². The van der Waals surface area contributed by atoms with Gasteiger partial charge >= 0.3 is 12.1 Å². The fourth-order valence-corrected chi connectivity index (χ4v) is 3.21. The Morgan fingerprint density at radius 1 is 0.844 bits per heavy atom. The second kappa shape index (κ2) is 11.4. The van der Waals surface area contributed by atoms with Crippen LogP contribution in [0.5, 0.6) is 5.75 Å². The van der Waals surface area contributed by atoms with E-state index in [-0.39, 0.29) is 12.1 Å². The van der Waals surface area contributed by atoms with Gasteiger partial charge < -0.3 is 20.7 Å². The van der Waals surface area contributed by atoms with Crippen molar-refractivity contribution in [2.75, 3.05) is 35.7 Å². The Morgan fingerprint density at radius 3 is 2.22 bits per heavy atom. The van der Waals surface area contributed by atoms with E-state index in [4.69, 9.17) is 4.74 Å². The quantitative estimate of drug-likeness (QED) is 0.425. The molecule has 0 aliphatic rings. The molecule has 3 aromatic rings. The number of methoxy groups -OCH3 is 1. The highest BCUT2D eigenvalue weighted by atomic mass is 16.5. The summed E-state index contributed by atoms with van der Waals surface area (Å²) in [5.41, 5.74) is 3.12. The van der Waals surface area contributed by atoms with Gasteiger partial charge in [0.1, 0.15) is 5.75 Å². The van der Waals surface area contributed by atoms with Crippen LogP contribution >= 0.6 is 0 Å². The third-order valence-corrected chi connectivity index (χ3v) is 4.90. The third kappa shape index (κ3) is 6.25. The van der Waals surface area contributed by atoms with Gasteiger partial charge in [0.15, 0.2) is 0 Å². The van der Waals surface area contributed by atoms with Gasteiger partial charge in [-0.05, 0) is 49.2 Å². The zero-order valence-electron chi connectivity index (χ0n) is 18.3. The third-order valence-electron chi connectivity index (χ3n) is 4.90. The van der Waals surface area contributed by atoms with Crippen LogP contribution in [0.4, 0.5) is 26.7 Å². The van der Waals surface area contributed by atoms with Gasteiger partial charge in [-0.15, -0.1) is 0 Å². The second-order valence-electron chi connectivity index (χ2n) is 7.17. The summed E-state index contributed by atoms with van der Waals surface area (Å²) in [6.45, 7) is 2.78. The molecule has 0 saturated heterocycles. The van der Waals surface area contributed by atoms with Crippen molar-refractivity contribution in [1.82, 2.24) is 5.32 Å². The summed E-state index contributed by atoms with van der Waals surface area (Å²) < 4.78 is 5.33. The predicted octanol–water partition coefficient (Wildman–Crippen LogP) is 5.25. The SMILES string of the molecule is COc1ccccc1NC(=O)N(CCCNC(=O)Nc1ccccc1C)c1ccccc1. The van der Waals surface area contributed by atoms with Crippen molar-refractivity contribution >= 4 is 29.1 Å². The average Bonchev–Trinajstić information content (AvgIpc) is 2.81. The lowest BCUT2D eigenvalue weighted by Crippen LogP contribution is -2.38. The molecular formula is C25H28N4O3. The Bertz CT molecular complexity index is 1040. The number of ether oxygens (including phenoxy) is 1. The number of urea groups is 2. The van der Waals surface area contributed by atoms with E-state index in [0.717, 1.165) is 16.9 Å². The minimum absolute atomic E-state index is 0.273. The van der Waals surface area contributed by atoms with Crippen LogP contribution in [0.1, 0.15) is 12.0 Å². The molecule has 0 radical (unpaired) electrons. The average molecular weight is 433 g/mol. The van der Waals surface area contributed by atoms with Gasteiger partial charge in [0, 0.05) is 24.5 Å². The lowest BCUT2D eigenvalue weighted by atomic mass is 10.2. The van der Waals surface area contributed by atoms with Crippen LogP contribution in [0.3, 0.4) is 0 Å². The van der Waals surface area contributed by atoms with Gasteiger partial charge in [-0.2, -0.15) is 0 Å². The van der Waals surface area contributed by atoms with Crippen molar-refractivity contribution in [3.05, 3.63) is 84.4 Å². The Kier molecular flexibility index (Phi) is 8.09. The summed E-state index contributed by atoms with van der Waals surface area (Å²) in [5.74, 6) is 0.586. The molecule has 0 unspecified atom stereocenters. The van der Waals surface area contributed by atoms with E-state index >= 15 is 0 Å². The number of rotatable bonds is 8. The molecule has 7 heteroatoms. The summed E-state index contributed by atoms with van der Waals surface area (Å²) in [6, 6.07) is 23.7. The maximum atomic E-state index is 13.0. The number of nitrogens with one attached hydrogen (secondary N) is 3. The number of amides is 4. The van der Waals surface area contributed by atoms with E-state index in [1.807, 2.05) is 73.7 Å². The Balaban J connectivity index is 1.58. The smallest absolute Gasteiger partial charge is 0.326 e. The van der Waals surface area contributed by atoms with Gasteiger partial charge in [-0.1, -0.05) is 48.5 Å². The molecule has 166 valence electrons. The molecule has 4 amide bonds. The summed E-state index contributed by atoms with van der Waals surface area (Å²) >= 11 is 0. The number of carbonyl (C=O) groups excluding carboxylic acids is 2.